The van der Waals surface area contributed by atoms with Crippen molar-refractivity contribution in [2.24, 2.45) is 0 Å². The summed E-state index contributed by atoms with van der Waals surface area (Å²) in [6, 6.07) is 90.0. The molecule has 2 aliphatic rings. The van der Waals surface area contributed by atoms with Gasteiger partial charge in [-0.15, -0.1) is 0 Å². The number of anilines is 6. The highest BCUT2D eigenvalue weighted by molar-refractivity contribution is 6.16. The molecule has 0 aliphatic heterocycles. The second-order valence-electron chi connectivity index (χ2n) is 24.4. The van der Waals surface area contributed by atoms with E-state index in [2.05, 4.69) is 282 Å². The van der Waals surface area contributed by atoms with Crippen LogP contribution in [0.1, 0.15) is 74.9 Å². The number of furan rings is 2. The van der Waals surface area contributed by atoms with Crippen LogP contribution in [0.15, 0.2) is 251 Å². The third-order valence-corrected chi connectivity index (χ3v) is 17.7. The van der Waals surface area contributed by atoms with Crippen LogP contribution in [0.5, 0.6) is 0 Å². The van der Waals surface area contributed by atoms with Crippen molar-refractivity contribution in [3.63, 3.8) is 0 Å². The van der Waals surface area contributed by atoms with Gasteiger partial charge in [0.2, 0.25) is 0 Å². The van der Waals surface area contributed by atoms with Crippen molar-refractivity contribution in [1.82, 2.24) is 0 Å². The minimum Gasteiger partial charge on any atom is -0.456 e. The fourth-order valence-corrected chi connectivity index (χ4v) is 14.0. The van der Waals surface area contributed by atoms with Crippen molar-refractivity contribution >= 4 is 99.5 Å². The molecule has 2 aliphatic carbocycles. The van der Waals surface area contributed by atoms with Gasteiger partial charge in [0.25, 0.3) is 0 Å². The third kappa shape index (κ3) is 6.90. The second kappa shape index (κ2) is 17.2. The summed E-state index contributed by atoms with van der Waals surface area (Å²) in [6.07, 6.45) is 0. The maximum absolute atomic E-state index is 6.51. The monoisotopic (exact) mass is 1040 g/mol. The molecular formula is C77H58N2O2. The molecule has 1 spiro atoms. The minimum atomic E-state index is -0.662. The second-order valence-corrected chi connectivity index (χ2v) is 24.4. The highest BCUT2D eigenvalue weighted by Crippen LogP contribution is 2.66. The van der Waals surface area contributed by atoms with Crippen molar-refractivity contribution in [3.8, 4) is 22.3 Å². The standard InChI is InChI=1S/C77H58N2O2/c1-75(2,3)49-33-41-63-61(45-49)62-46-50(76(4,5)6)34-42-64(62)77(63)73-55-39-35-53(78(51-19-9-7-10-20-51)65-25-17-29-69-71(65)59-23-13-15-27-67(59)80-69)43-47(55)31-37-57(73)58-38-32-48-44-54(36-40-56(48)74(58)77)79(52-21-11-8-12-22-52)66-26-18-30-70-72(66)60-24-14-16-28-68(60)81-70/h7-46H,1-6H3. The molecule has 0 N–H and O–H groups in total. The smallest absolute Gasteiger partial charge is 0.137 e. The Kier molecular flexibility index (Phi) is 10.0. The van der Waals surface area contributed by atoms with Crippen LogP contribution in [0.4, 0.5) is 34.1 Å². The molecule has 0 amide bonds. The first kappa shape index (κ1) is 47.4. The average molecular weight is 1040 g/mol. The van der Waals surface area contributed by atoms with Crippen molar-refractivity contribution < 1.29 is 8.83 Å². The van der Waals surface area contributed by atoms with E-state index < -0.39 is 5.41 Å². The van der Waals surface area contributed by atoms with E-state index in [1.54, 1.807) is 0 Å². The zero-order valence-corrected chi connectivity index (χ0v) is 46.3. The highest BCUT2D eigenvalue weighted by Gasteiger charge is 2.54. The molecule has 2 aromatic heterocycles. The SMILES string of the molecule is CC(C)(C)c1ccc2c(c1)-c1cc(C(C)(C)C)ccc1C21c2c(ccc3cc(N(c4ccccc4)c4cccc5oc6ccccc6c45)ccc23)-c2ccc3cc(N(c4ccccc4)c4cccc5oc6ccccc6c45)ccc3c21. The zero-order valence-electron chi connectivity index (χ0n) is 46.3. The van der Waals surface area contributed by atoms with Crippen molar-refractivity contribution in [2.75, 3.05) is 9.80 Å². The zero-order chi connectivity index (χ0) is 54.5. The number of fused-ring (bicyclic) bond motifs is 20. The number of hydrogen-bond acceptors (Lipinski definition) is 4. The number of benzene rings is 12. The molecule has 2 heterocycles. The predicted octanol–water partition coefficient (Wildman–Crippen LogP) is 21.7. The average Bonchev–Trinajstić information content (AvgIpc) is 4.37. The molecule has 4 nitrogen and oxygen atoms in total. The lowest BCUT2D eigenvalue weighted by Gasteiger charge is -2.33. The van der Waals surface area contributed by atoms with Gasteiger partial charge < -0.3 is 18.6 Å². The van der Waals surface area contributed by atoms with Gasteiger partial charge in [-0.25, -0.2) is 0 Å². The summed E-state index contributed by atoms with van der Waals surface area (Å²) in [5.41, 5.74) is 22.3. The van der Waals surface area contributed by atoms with Crippen LogP contribution >= 0.6 is 0 Å². The van der Waals surface area contributed by atoms with E-state index in [0.717, 1.165) is 78.0 Å². The number of rotatable bonds is 6. The normalized spacial score (nSPS) is 13.4. The number of para-hydroxylation sites is 4. The maximum atomic E-state index is 6.51. The van der Waals surface area contributed by atoms with Crippen LogP contribution in [0, 0.1) is 0 Å². The topological polar surface area (TPSA) is 32.8 Å². The van der Waals surface area contributed by atoms with Gasteiger partial charge in [0.05, 0.1) is 27.6 Å². The maximum Gasteiger partial charge on any atom is 0.137 e. The molecule has 14 aromatic rings. The van der Waals surface area contributed by atoms with E-state index in [0.29, 0.717) is 0 Å². The summed E-state index contributed by atoms with van der Waals surface area (Å²) < 4.78 is 13.0. The molecule has 0 saturated carbocycles. The van der Waals surface area contributed by atoms with Gasteiger partial charge in [0, 0.05) is 33.5 Å². The lowest BCUT2D eigenvalue weighted by atomic mass is 9.68. The van der Waals surface area contributed by atoms with Crippen LogP contribution in [0.3, 0.4) is 0 Å². The van der Waals surface area contributed by atoms with Crippen LogP contribution in [-0.4, -0.2) is 0 Å². The Morgan fingerprint density at radius 3 is 1.15 bits per heavy atom. The molecule has 4 heteroatoms. The van der Waals surface area contributed by atoms with E-state index in [9.17, 15) is 0 Å². The van der Waals surface area contributed by atoms with Crippen LogP contribution in [0.25, 0.3) is 87.7 Å². The Morgan fingerprint density at radius 2 is 0.716 bits per heavy atom. The molecular weight excluding hydrogens is 985 g/mol. The van der Waals surface area contributed by atoms with Crippen LogP contribution in [-0.2, 0) is 16.2 Å². The van der Waals surface area contributed by atoms with Gasteiger partial charge in [-0.1, -0.05) is 199 Å². The van der Waals surface area contributed by atoms with E-state index >= 15 is 0 Å². The first-order valence-corrected chi connectivity index (χ1v) is 28.4. The first-order chi connectivity index (χ1) is 39.4. The molecule has 0 bridgehead atoms. The lowest BCUT2D eigenvalue weighted by molar-refractivity contribution is 0.589. The van der Waals surface area contributed by atoms with Gasteiger partial charge in [0.15, 0.2) is 0 Å². The van der Waals surface area contributed by atoms with Gasteiger partial charge >= 0.3 is 0 Å². The number of nitrogens with zero attached hydrogens (tertiary/aromatic N) is 2. The third-order valence-electron chi connectivity index (χ3n) is 17.7. The Hall–Kier alpha value is -9.64. The molecule has 0 atom stereocenters. The molecule has 12 aromatic carbocycles. The molecule has 0 radical (unpaired) electrons. The molecule has 81 heavy (non-hydrogen) atoms. The summed E-state index contributed by atoms with van der Waals surface area (Å²) in [6.45, 7) is 14.0. The Morgan fingerprint density at radius 1 is 0.309 bits per heavy atom. The van der Waals surface area contributed by atoms with Crippen molar-refractivity contribution in [1.29, 1.82) is 0 Å². The van der Waals surface area contributed by atoms with E-state index in [1.165, 1.54) is 77.2 Å². The van der Waals surface area contributed by atoms with E-state index in [4.69, 9.17) is 8.83 Å². The van der Waals surface area contributed by atoms with Gasteiger partial charge in [-0.3, -0.25) is 0 Å². The van der Waals surface area contributed by atoms with E-state index in [-0.39, 0.29) is 10.8 Å². The van der Waals surface area contributed by atoms with Crippen molar-refractivity contribution in [3.05, 3.63) is 276 Å². The predicted molar refractivity (Wildman–Crippen MR) is 339 cm³/mol. The molecule has 0 fully saturated rings. The summed E-state index contributed by atoms with van der Waals surface area (Å²) in [5.74, 6) is 0. The summed E-state index contributed by atoms with van der Waals surface area (Å²) in [4.78, 5) is 4.81. The Balaban J connectivity index is 0.966. The van der Waals surface area contributed by atoms with Gasteiger partial charge in [0.1, 0.15) is 22.3 Å². The lowest BCUT2D eigenvalue weighted by Crippen LogP contribution is -2.27. The molecule has 388 valence electrons. The summed E-state index contributed by atoms with van der Waals surface area (Å²) >= 11 is 0. The fraction of sp³-hybridized carbons (Fsp3) is 0.117. The minimum absolute atomic E-state index is 0.0559. The fourth-order valence-electron chi connectivity index (χ4n) is 14.0. The van der Waals surface area contributed by atoms with Crippen LogP contribution < -0.4 is 9.80 Å². The van der Waals surface area contributed by atoms with Crippen molar-refractivity contribution in [2.45, 2.75) is 57.8 Å². The van der Waals surface area contributed by atoms with Gasteiger partial charge in [-0.2, -0.15) is 0 Å². The highest BCUT2D eigenvalue weighted by atomic mass is 16.3. The quantitative estimate of drug-likeness (QED) is 0.166. The molecule has 0 unspecified atom stereocenters. The Labute approximate surface area is 471 Å². The van der Waals surface area contributed by atoms with Gasteiger partial charge in [-0.05, 0) is 173 Å². The summed E-state index contributed by atoms with van der Waals surface area (Å²) in [7, 11) is 0. The van der Waals surface area contributed by atoms with E-state index in [1.807, 2.05) is 12.1 Å². The first-order valence-electron chi connectivity index (χ1n) is 28.4. The largest absolute Gasteiger partial charge is 0.456 e. The van der Waals surface area contributed by atoms with Crippen LogP contribution in [0.2, 0.25) is 0 Å². The molecule has 0 saturated heterocycles. The Bertz CT molecular complexity index is 4600. The summed E-state index contributed by atoms with van der Waals surface area (Å²) in [5, 5.41) is 9.24. The molecule has 16 rings (SSSR count). The number of hydrogen-bond donors (Lipinski definition) is 0.